The van der Waals surface area contributed by atoms with Crippen molar-refractivity contribution in [3.05, 3.63) is 58.7 Å². The molecule has 1 aromatic carbocycles. The van der Waals surface area contributed by atoms with E-state index in [1.54, 1.807) is 13.8 Å². The van der Waals surface area contributed by atoms with E-state index in [2.05, 4.69) is 11.1 Å². The molecule has 0 bridgehead atoms. The smallest absolute Gasteiger partial charge is 0.338 e. The van der Waals surface area contributed by atoms with E-state index in [0.717, 1.165) is 5.56 Å². The Labute approximate surface area is 147 Å². The molecule has 0 fully saturated rings. The number of carbonyl (C=O) groups is 1. The molecule has 1 aliphatic heterocycles. The van der Waals surface area contributed by atoms with E-state index >= 15 is 0 Å². The van der Waals surface area contributed by atoms with Gasteiger partial charge in [-0.2, -0.15) is 10.3 Å². The van der Waals surface area contributed by atoms with Crippen LogP contribution in [-0.4, -0.2) is 25.6 Å². The maximum atomic E-state index is 12.5. The van der Waals surface area contributed by atoms with Crippen molar-refractivity contribution in [3.8, 4) is 6.07 Å². The number of benzene rings is 1. The Morgan fingerprint density at radius 1 is 1.32 bits per heavy atom. The van der Waals surface area contributed by atoms with E-state index in [9.17, 15) is 10.1 Å². The number of allylic oxidation sites excluding steroid dienone is 2. The standard InChI is InChI=1S/C19H20N2O4/c1-4-23-12-21-18-15(11-20)17(14-9-7-6-8-10-14)16(13(3)25-18)19(22)24-5-2/h6-10,12,17H,4-5H2,1-3H3/t17-/m0/s1. The van der Waals surface area contributed by atoms with Gasteiger partial charge in [-0.3, -0.25) is 0 Å². The van der Waals surface area contributed by atoms with Gasteiger partial charge in [-0.05, 0) is 26.3 Å². The third-order valence-corrected chi connectivity index (χ3v) is 3.60. The average molecular weight is 340 g/mol. The van der Waals surface area contributed by atoms with Gasteiger partial charge in [0.05, 0.1) is 24.7 Å². The molecule has 0 unspecified atom stereocenters. The van der Waals surface area contributed by atoms with Crippen LogP contribution in [0, 0.1) is 11.3 Å². The molecule has 0 aromatic heterocycles. The summed E-state index contributed by atoms with van der Waals surface area (Å²) in [5.41, 5.74) is 1.32. The molecule has 6 heteroatoms. The number of carbonyl (C=O) groups excluding carboxylic acids is 1. The van der Waals surface area contributed by atoms with Gasteiger partial charge in [-0.1, -0.05) is 30.3 Å². The maximum absolute atomic E-state index is 12.5. The summed E-state index contributed by atoms with van der Waals surface area (Å²) in [6.07, 6.45) is 1.23. The topological polar surface area (TPSA) is 80.9 Å². The van der Waals surface area contributed by atoms with Crippen LogP contribution in [0.15, 0.2) is 58.1 Å². The molecule has 1 aromatic rings. The van der Waals surface area contributed by atoms with Crippen LogP contribution in [0.4, 0.5) is 0 Å². The fourth-order valence-electron chi connectivity index (χ4n) is 2.54. The predicted octanol–water partition coefficient (Wildman–Crippen LogP) is 3.44. The highest BCUT2D eigenvalue weighted by Gasteiger charge is 2.36. The van der Waals surface area contributed by atoms with Gasteiger partial charge in [0.1, 0.15) is 17.4 Å². The highest BCUT2D eigenvalue weighted by molar-refractivity contribution is 5.92. The molecule has 2 rings (SSSR count). The third kappa shape index (κ3) is 4.07. The lowest BCUT2D eigenvalue weighted by Gasteiger charge is -2.26. The monoisotopic (exact) mass is 340 g/mol. The molecule has 0 saturated carbocycles. The Morgan fingerprint density at radius 3 is 2.64 bits per heavy atom. The molecule has 130 valence electrons. The van der Waals surface area contributed by atoms with E-state index in [0.29, 0.717) is 17.9 Å². The lowest BCUT2D eigenvalue weighted by Crippen LogP contribution is -2.23. The number of nitriles is 1. The van der Waals surface area contributed by atoms with E-state index in [1.165, 1.54) is 6.40 Å². The molecule has 0 radical (unpaired) electrons. The minimum absolute atomic E-state index is 0.121. The normalized spacial score (nSPS) is 17.3. The van der Waals surface area contributed by atoms with Gasteiger partial charge < -0.3 is 14.2 Å². The number of ether oxygens (including phenoxy) is 3. The number of hydrogen-bond donors (Lipinski definition) is 0. The van der Waals surface area contributed by atoms with Crippen molar-refractivity contribution in [2.75, 3.05) is 13.2 Å². The predicted molar refractivity (Wildman–Crippen MR) is 92.4 cm³/mol. The fourth-order valence-corrected chi connectivity index (χ4v) is 2.54. The van der Waals surface area contributed by atoms with Crippen molar-refractivity contribution >= 4 is 12.4 Å². The molecule has 0 spiro atoms. The summed E-state index contributed by atoms with van der Waals surface area (Å²) in [5, 5.41) is 9.69. The van der Waals surface area contributed by atoms with Crippen LogP contribution in [-0.2, 0) is 19.0 Å². The molecule has 6 nitrogen and oxygen atoms in total. The van der Waals surface area contributed by atoms with Gasteiger partial charge >= 0.3 is 5.97 Å². The highest BCUT2D eigenvalue weighted by atomic mass is 16.5. The summed E-state index contributed by atoms with van der Waals surface area (Å²) in [7, 11) is 0. The second kappa shape index (κ2) is 8.69. The van der Waals surface area contributed by atoms with Gasteiger partial charge in [0.15, 0.2) is 6.40 Å². The average Bonchev–Trinajstić information content (AvgIpc) is 2.62. The first kappa shape index (κ1) is 18.3. The van der Waals surface area contributed by atoms with Gasteiger partial charge in [-0.15, -0.1) is 0 Å². The molecule has 0 saturated heterocycles. The van der Waals surface area contributed by atoms with Crippen LogP contribution in [0.2, 0.25) is 0 Å². The molecule has 1 heterocycles. The lowest BCUT2D eigenvalue weighted by atomic mass is 9.83. The largest absolute Gasteiger partial charge is 0.483 e. The summed E-state index contributed by atoms with van der Waals surface area (Å²) in [6, 6.07) is 11.4. The van der Waals surface area contributed by atoms with Crippen LogP contribution in [0.5, 0.6) is 0 Å². The minimum Gasteiger partial charge on any atom is -0.483 e. The number of aliphatic imine (C=N–C) groups is 1. The first-order chi connectivity index (χ1) is 12.1. The summed E-state index contributed by atoms with van der Waals surface area (Å²) in [4.78, 5) is 16.6. The Kier molecular flexibility index (Phi) is 6.35. The SMILES string of the molecule is CCOC=NC1=C(C#N)[C@H](c2ccccc2)C(C(=O)OCC)=C(C)O1. The van der Waals surface area contributed by atoms with Crippen molar-refractivity contribution < 1.29 is 19.0 Å². The van der Waals surface area contributed by atoms with Crippen molar-refractivity contribution in [2.24, 2.45) is 4.99 Å². The zero-order chi connectivity index (χ0) is 18.2. The van der Waals surface area contributed by atoms with Crippen LogP contribution in [0.3, 0.4) is 0 Å². The molecular weight excluding hydrogens is 320 g/mol. The Balaban J connectivity index is 2.57. The fraction of sp³-hybridized carbons (Fsp3) is 0.316. The minimum atomic E-state index is -0.604. The van der Waals surface area contributed by atoms with Crippen LogP contribution < -0.4 is 0 Å². The highest BCUT2D eigenvalue weighted by Crippen LogP contribution is 2.40. The van der Waals surface area contributed by atoms with E-state index in [-0.39, 0.29) is 18.1 Å². The molecule has 1 aliphatic rings. The zero-order valence-electron chi connectivity index (χ0n) is 14.5. The van der Waals surface area contributed by atoms with Crippen LogP contribution in [0.25, 0.3) is 0 Å². The maximum Gasteiger partial charge on any atom is 0.338 e. The summed E-state index contributed by atoms with van der Waals surface area (Å²) >= 11 is 0. The molecular formula is C19H20N2O4. The van der Waals surface area contributed by atoms with Gasteiger partial charge in [0.2, 0.25) is 5.88 Å². The van der Waals surface area contributed by atoms with Gasteiger partial charge in [0.25, 0.3) is 0 Å². The first-order valence-corrected chi connectivity index (χ1v) is 8.03. The number of rotatable bonds is 6. The third-order valence-electron chi connectivity index (χ3n) is 3.60. The quantitative estimate of drug-likeness (QED) is 0.450. The molecule has 0 N–H and O–H groups in total. The number of hydrogen-bond acceptors (Lipinski definition) is 6. The number of esters is 1. The zero-order valence-corrected chi connectivity index (χ0v) is 14.5. The van der Waals surface area contributed by atoms with E-state index in [1.807, 2.05) is 37.3 Å². The van der Waals surface area contributed by atoms with Crippen molar-refractivity contribution in [3.63, 3.8) is 0 Å². The lowest BCUT2D eigenvalue weighted by molar-refractivity contribution is -0.139. The molecule has 1 atom stereocenters. The van der Waals surface area contributed by atoms with Crippen molar-refractivity contribution in [1.82, 2.24) is 0 Å². The Bertz CT molecular complexity index is 757. The summed E-state index contributed by atoms with van der Waals surface area (Å²) in [6.45, 7) is 5.90. The number of nitrogens with zero attached hydrogens (tertiary/aromatic N) is 2. The van der Waals surface area contributed by atoms with Crippen molar-refractivity contribution in [2.45, 2.75) is 26.7 Å². The van der Waals surface area contributed by atoms with E-state index < -0.39 is 11.9 Å². The molecule has 0 aliphatic carbocycles. The summed E-state index contributed by atoms with van der Waals surface area (Å²) in [5.74, 6) is -0.632. The molecule has 0 amide bonds. The van der Waals surface area contributed by atoms with Gasteiger partial charge in [0, 0.05) is 0 Å². The second-order valence-corrected chi connectivity index (χ2v) is 5.16. The Hall–Kier alpha value is -3.07. The summed E-state index contributed by atoms with van der Waals surface area (Å²) < 4.78 is 15.9. The molecule has 25 heavy (non-hydrogen) atoms. The Morgan fingerprint density at radius 2 is 2.04 bits per heavy atom. The van der Waals surface area contributed by atoms with Crippen LogP contribution in [0.1, 0.15) is 32.3 Å². The second-order valence-electron chi connectivity index (χ2n) is 5.16. The first-order valence-electron chi connectivity index (χ1n) is 8.03. The van der Waals surface area contributed by atoms with E-state index in [4.69, 9.17) is 14.2 Å². The van der Waals surface area contributed by atoms with Crippen molar-refractivity contribution in [1.29, 1.82) is 5.26 Å². The van der Waals surface area contributed by atoms with Gasteiger partial charge in [-0.25, -0.2) is 4.79 Å². The van der Waals surface area contributed by atoms with Crippen LogP contribution >= 0.6 is 0 Å².